The predicted octanol–water partition coefficient (Wildman–Crippen LogP) is 5.26. The van der Waals surface area contributed by atoms with E-state index in [1.165, 1.54) is 0 Å². The highest BCUT2D eigenvalue weighted by atomic mass is 16.5. The van der Waals surface area contributed by atoms with Crippen LogP contribution in [0.1, 0.15) is 30.5 Å². The van der Waals surface area contributed by atoms with Gasteiger partial charge in [-0.05, 0) is 56.2 Å². The van der Waals surface area contributed by atoms with E-state index < -0.39 is 0 Å². The van der Waals surface area contributed by atoms with Gasteiger partial charge in [0.1, 0.15) is 18.1 Å². The van der Waals surface area contributed by atoms with Crippen LogP contribution in [0.3, 0.4) is 0 Å². The molecule has 0 atom stereocenters. The quantitative estimate of drug-likeness (QED) is 0.192. The fourth-order valence-electron chi connectivity index (χ4n) is 3.10. The van der Waals surface area contributed by atoms with E-state index in [2.05, 4.69) is 10.3 Å². The van der Waals surface area contributed by atoms with Crippen LogP contribution in [0.25, 0.3) is 0 Å². The van der Waals surface area contributed by atoms with Crippen molar-refractivity contribution < 1.29 is 19.0 Å². The van der Waals surface area contributed by atoms with E-state index in [1.54, 1.807) is 32.2 Å². The maximum atomic E-state index is 10.5. The van der Waals surface area contributed by atoms with Crippen molar-refractivity contribution in [3.8, 4) is 17.4 Å². The lowest BCUT2D eigenvalue weighted by molar-refractivity contribution is -0.105. The Morgan fingerprint density at radius 1 is 1.11 bits per heavy atom. The van der Waals surface area contributed by atoms with Crippen molar-refractivity contribution >= 4 is 17.8 Å². The Labute approximate surface area is 212 Å². The van der Waals surface area contributed by atoms with E-state index in [9.17, 15) is 4.79 Å². The number of benzene rings is 2. The number of hydrogen-bond acceptors (Lipinski definition) is 7. The number of methoxy groups -OCH3 is 1. The topological polar surface area (TPSA) is 120 Å². The second-order valence-electron chi connectivity index (χ2n) is 7.84. The van der Waals surface area contributed by atoms with Crippen LogP contribution in [0.4, 0.5) is 5.69 Å². The average molecular weight is 491 g/mol. The Kier molecular flexibility index (Phi) is 11.7. The molecule has 0 saturated heterocycles. The minimum atomic E-state index is 0.387. The minimum Gasteiger partial charge on any atom is -0.491 e. The molecule has 1 heterocycles. The van der Waals surface area contributed by atoms with Gasteiger partial charge in [-0.15, -0.1) is 0 Å². The first-order valence-electron chi connectivity index (χ1n) is 11.5. The third-order valence-electron chi connectivity index (χ3n) is 5.09. The molecule has 8 nitrogen and oxygen atoms in total. The number of para-hydroxylation sites is 1. The van der Waals surface area contributed by atoms with Crippen molar-refractivity contribution in [1.82, 2.24) is 4.98 Å². The smallest absolute Gasteiger partial charge is 0.219 e. The van der Waals surface area contributed by atoms with Crippen molar-refractivity contribution in [3.63, 3.8) is 0 Å². The van der Waals surface area contributed by atoms with Gasteiger partial charge in [0.15, 0.2) is 0 Å². The van der Waals surface area contributed by atoms with E-state index in [4.69, 9.17) is 25.4 Å². The van der Waals surface area contributed by atoms with Gasteiger partial charge in [-0.3, -0.25) is 4.79 Å². The molecule has 3 aromatic rings. The molecule has 0 fully saturated rings. The first-order chi connectivity index (χ1) is 17.4. The van der Waals surface area contributed by atoms with Crippen molar-refractivity contribution in [3.05, 3.63) is 89.3 Å². The van der Waals surface area contributed by atoms with Crippen LogP contribution in [-0.4, -0.2) is 37.4 Å². The molecule has 0 spiro atoms. The first kappa shape index (κ1) is 28.1. The highest BCUT2D eigenvalue weighted by molar-refractivity contribution is 6.03. The molecule has 3 rings (SSSR count). The molecular formula is C28H34N4O4. The lowest BCUT2D eigenvalue weighted by Crippen LogP contribution is -2.06. The number of amides is 1. The molecule has 1 amide bonds. The highest BCUT2D eigenvalue weighted by Crippen LogP contribution is 2.23. The summed E-state index contributed by atoms with van der Waals surface area (Å²) < 4.78 is 16.0. The highest BCUT2D eigenvalue weighted by Gasteiger charge is 2.06. The van der Waals surface area contributed by atoms with E-state index in [-0.39, 0.29) is 0 Å². The van der Waals surface area contributed by atoms with E-state index >= 15 is 0 Å². The summed E-state index contributed by atoms with van der Waals surface area (Å²) in [5.74, 6) is 2.03. The van der Waals surface area contributed by atoms with Crippen LogP contribution in [0.2, 0.25) is 0 Å². The summed E-state index contributed by atoms with van der Waals surface area (Å²) in [7, 11) is 1.60. The number of anilines is 1. The van der Waals surface area contributed by atoms with Gasteiger partial charge in [0, 0.05) is 48.8 Å². The molecule has 0 aliphatic heterocycles. The van der Waals surface area contributed by atoms with Crippen molar-refractivity contribution in [1.29, 1.82) is 5.41 Å². The van der Waals surface area contributed by atoms with Gasteiger partial charge < -0.3 is 30.7 Å². The Morgan fingerprint density at radius 3 is 2.47 bits per heavy atom. The van der Waals surface area contributed by atoms with Crippen molar-refractivity contribution in [2.75, 3.05) is 25.6 Å². The van der Waals surface area contributed by atoms with Gasteiger partial charge in [0.25, 0.3) is 0 Å². The monoisotopic (exact) mass is 490 g/mol. The number of nitrogens with one attached hydrogen (secondary N) is 2. The number of ether oxygens (including phenoxy) is 3. The fourth-order valence-corrected chi connectivity index (χ4v) is 3.10. The van der Waals surface area contributed by atoms with Crippen LogP contribution in [-0.2, 0) is 16.0 Å². The van der Waals surface area contributed by atoms with Crippen molar-refractivity contribution in [2.24, 2.45) is 5.73 Å². The fraction of sp³-hybridized carbons (Fsp3) is 0.250. The number of carbonyl (C=O) groups excluding carboxylic acids is 1. The lowest BCUT2D eigenvalue weighted by atomic mass is 10.1. The molecule has 0 saturated carbocycles. The number of pyridine rings is 1. The second-order valence-corrected chi connectivity index (χ2v) is 7.84. The van der Waals surface area contributed by atoms with Crippen LogP contribution >= 0.6 is 0 Å². The zero-order valence-electron chi connectivity index (χ0n) is 21.2. The van der Waals surface area contributed by atoms with Crippen LogP contribution < -0.4 is 20.5 Å². The van der Waals surface area contributed by atoms with Crippen molar-refractivity contribution in [2.45, 2.75) is 27.2 Å². The third kappa shape index (κ3) is 9.23. The molecule has 8 heteroatoms. The molecule has 0 aliphatic rings. The number of hydrogen-bond donors (Lipinski definition) is 3. The second kappa shape index (κ2) is 15.0. The molecule has 190 valence electrons. The molecule has 0 unspecified atom stereocenters. The molecule has 0 bridgehead atoms. The average Bonchev–Trinajstić information content (AvgIpc) is 2.87. The third-order valence-corrected chi connectivity index (χ3v) is 5.09. The number of rotatable bonds is 11. The summed E-state index contributed by atoms with van der Waals surface area (Å²) in [6, 6.07) is 16.8. The Hall–Kier alpha value is -4.17. The minimum absolute atomic E-state index is 0.387. The normalized spacial score (nSPS) is 10.6. The molecule has 0 aliphatic carbocycles. The molecule has 1 aromatic heterocycles. The molecule has 0 radical (unpaired) electrons. The van der Waals surface area contributed by atoms with E-state index in [1.807, 2.05) is 62.5 Å². The van der Waals surface area contributed by atoms with Gasteiger partial charge in [-0.2, -0.15) is 0 Å². The number of nitrogens with zero attached hydrogens (tertiary/aromatic N) is 1. The van der Waals surface area contributed by atoms with Gasteiger partial charge >= 0.3 is 0 Å². The Morgan fingerprint density at radius 2 is 1.86 bits per heavy atom. The standard InChI is InChI=1S/C16H18N2O.C12H16N2O3/c1-3-14(17)10-13-11-18-16(9-12(13)2)19-15-7-5-4-6-8-15;1-9(13)11-4-3-10(17-6-5-16-2)7-12(11)14-8-15/h3-9,11H,10,17H2,1-2H3;3-4,7-8,13H,5-6H2,1-2H3,(H,14,15)/b14-3-;. The van der Waals surface area contributed by atoms with E-state index in [0.717, 1.165) is 29.0 Å². The number of carbonyl (C=O) groups is 1. The maximum Gasteiger partial charge on any atom is 0.219 e. The lowest BCUT2D eigenvalue weighted by Gasteiger charge is -2.11. The summed E-state index contributed by atoms with van der Waals surface area (Å²) in [6.45, 7) is 6.58. The Balaban J connectivity index is 0.000000255. The van der Waals surface area contributed by atoms with Gasteiger partial charge in [0.2, 0.25) is 12.3 Å². The summed E-state index contributed by atoms with van der Waals surface area (Å²) in [5.41, 5.74) is 10.6. The van der Waals surface area contributed by atoms with Crippen LogP contribution in [0.5, 0.6) is 17.4 Å². The summed E-state index contributed by atoms with van der Waals surface area (Å²) in [4.78, 5) is 14.8. The summed E-state index contributed by atoms with van der Waals surface area (Å²) in [5, 5.41) is 10.1. The molecule has 36 heavy (non-hydrogen) atoms. The van der Waals surface area contributed by atoms with Gasteiger partial charge in [-0.25, -0.2) is 4.98 Å². The van der Waals surface area contributed by atoms with Gasteiger partial charge in [-0.1, -0.05) is 24.3 Å². The predicted molar refractivity (Wildman–Crippen MR) is 143 cm³/mol. The molecule has 2 aromatic carbocycles. The zero-order valence-corrected chi connectivity index (χ0v) is 21.2. The van der Waals surface area contributed by atoms with E-state index in [0.29, 0.717) is 48.2 Å². The number of aromatic nitrogens is 1. The Bertz CT molecular complexity index is 1160. The summed E-state index contributed by atoms with van der Waals surface area (Å²) >= 11 is 0. The van der Waals surface area contributed by atoms with Gasteiger partial charge in [0.05, 0.1) is 12.3 Å². The summed E-state index contributed by atoms with van der Waals surface area (Å²) in [6.07, 6.45) is 5.04. The molecular weight excluding hydrogens is 456 g/mol. The van der Waals surface area contributed by atoms with Crippen LogP contribution in [0, 0.1) is 12.3 Å². The largest absolute Gasteiger partial charge is 0.491 e. The SMILES string of the molecule is C/C=C(\N)Cc1cnc(Oc2ccccc2)cc1C.COCCOc1ccc(C(C)=N)c(NC=O)c1. The molecule has 4 N–H and O–H groups in total. The van der Waals surface area contributed by atoms with Crippen LogP contribution in [0.15, 0.2) is 72.6 Å². The number of nitrogens with two attached hydrogens (primary N) is 1. The maximum absolute atomic E-state index is 10.5. The number of aryl methyl sites for hydroxylation is 1. The zero-order chi connectivity index (χ0) is 26.3. The number of allylic oxidation sites excluding steroid dienone is 2. The first-order valence-corrected chi connectivity index (χ1v) is 11.5.